The van der Waals surface area contributed by atoms with E-state index in [0.717, 1.165) is 16.9 Å². The Labute approximate surface area is 140 Å². The van der Waals surface area contributed by atoms with Crippen LogP contribution in [0.2, 0.25) is 0 Å². The van der Waals surface area contributed by atoms with Crippen molar-refractivity contribution in [3.8, 4) is 5.75 Å². The molecule has 0 radical (unpaired) electrons. The number of aromatic carboxylic acids is 1. The number of aromatic nitrogens is 1. The second kappa shape index (κ2) is 7.68. The van der Waals surface area contributed by atoms with E-state index < -0.39 is 5.97 Å². The van der Waals surface area contributed by atoms with Crippen molar-refractivity contribution in [3.63, 3.8) is 0 Å². The predicted molar refractivity (Wildman–Crippen MR) is 90.4 cm³/mol. The number of hydrogen-bond donors (Lipinski definition) is 3. The summed E-state index contributed by atoms with van der Waals surface area (Å²) in [6.07, 6.45) is 1.38. The van der Waals surface area contributed by atoms with Crippen LogP contribution in [0.1, 0.15) is 45.8 Å². The molecule has 0 unspecified atom stereocenters. The number of carboxylic acid groups (broad SMARTS) is 1. The van der Waals surface area contributed by atoms with Crippen molar-refractivity contribution < 1.29 is 19.4 Å². The fraction of sp³-hybridized carbons (Fsp3) is 0.333. The largest absolute Gasteiger partial charge is 0.493 e. The van der Waals surface area contributed by atoms with Crippen molar-refractivity contribution in [2.75, 3.05) is 6.61 Å². The monoisotopic (exact) mass is 330 g/mol. The lowest BCUT2D eigenvalue weighted by molar-refractivity contribution is 0.0691. The molecule has 2 rings (SSSR count). The van der Waals surface area contributed by atoms with Gasteiger partial charge in [0.25, 0.3) is 5.91 Å². The average Bonchev–Trinajstić information content (AvgIpc) is 3.02. The number of aromatic amines is 1. The minimum atomic E-state index is -1.10. The molecular formula is C18H22N2O4. The van der Waals surface area contributed by atoms with E-state index in [2.05, 4.69) is 24.1 Å². The van der Waals surface area contributed by atoms with Gasteiger partial charge < -0.3 is 20.1 Å². The Hall–Kier alpha value is -2.76. The minimum absolute atomic E-state index is 0.0172. The van der Waals surface area contributed by atoms with E-state index in [4.69, 9.17) is 9.84 Å². The molecule has 0 aliphatic carbocycles. The van der Waals surface area contributed by atoms with Crippen molar-refractivity contribution in [3.05, 3.63) is 52.8 Å². The first-order valence-corrected chi connectivity index (χ1v) is 7.79. The highest BCUT2D eigenvalue weighted by molar-refractivity contribution is 5.97. The number of nitrogens with one attached hydrogen (secondary N) is 2. The van der Waals surface area contributed by atoms with Gasteiger partial charge in [-0.15, -0.1) is 0 Å². The van der Waals surface area contributed by atoms with Crippen molar-refractivity contribution >= 4 is 11.9 Å². The highest BCUT2D eigenvalue weighted by Crippen LogP contribution is 2.21. The zero-order valence-electron chi connectivity index (χ0n) is 14.1. The number of carbonyl (C=O) groups excluding carboxylic acids is 1. The molecule has 0 saturated heterocycles. The topological polar surface area (TPSA) is 91.4 Å². The van der Waals surface area contributed by atoms with Gasteiger partial charge in [0.05, 0.1) is 12.2 Å². The summed E-state index contributed by atoms with van der Waals surface area (Å²) in [4.78, 5) is 25.5. The number of benzene rings is 1. The third-order valence-electron chi connectivity index (χ3n) is 3.41. The Morgan fingerprint density at radius 2 is 2.04 bits per heavy atom. The highest BCUT2D eigenvalue weighted by Gasteiger charge is 2.13. The molecule has 0 saturated carbocycles. The SMILES string of the molecule is Cc1ccc(CNC(=O)c2c[nH]c(C(=O)O)c2)c(OCC(C)C)c1. The molecule has 1 aromatic carbocycles. The summed E-state index contributed by atoms with van der Waals surface area (Å²) in [5, 5.41) is 11.7. The van der Waals surface area contributed by atoms with E-state index in [9.17, 15) is 9.59 Å². The second-order valence-corrected chi connectivity index (χ2v) is 6.11. The summed E-state index contributed by atoms with van der Waals surface area (Å²) in [6, 6.07) is 7.14. The Balaban J connectivity index is 2.04. The fourth-order valence-corrected chi connectivity index (χ4v) is 2.13. The molecule has 0 aliphatic rings. The lowest BCUT2D eigenvalue weighted by atomic mass is 10.1. The molecule has 0 spiro atoms. The maximum atomic E-state index is 12.1. The molecule has 6 heteroatoms. The van der Waals surface area contributed by atoms with Crippen LogP contribution in [0.4, 0.5) is 0 Å². The van der Waals surface area contributed by atoms with Crippen LogP contribution < -0.4 is 10.1 Å². The zero-order valence-corrected chi connectivity index (χ0v) is 14.1. The second-order valence-electron chi connectivity index (χ2n) is 6.11. The molecule has 3 N–H and O–H groups in total. The third kappa shape index (κ3) is 4.62. The van der Waals surface area contributed by atoms with Crippen LogP contribution in [-0.4, -0.2) is 28.6 Å². The molecule has 24 heavy (non-hydrogen) atoms. The molecule has 128 valence electrons. The standard InChI is InChI=1S/C18H22N2O4/c1-11(2)10-24-16-6-12(3)4-5-13(16)8-20-17(21)14-7-15(18(22)23)19-9-14/h4-7,9,11,19H,8,10H2,1-3H3,(H,20,21)(H,22,23). The van der Waals surface area contributed by atoms with Crippen LogP contribution in [0, 0.1) is 12.8 Å². The summed E-state index contributed by atoms with van der Waals surface area (Å²) < 4.78 is 5.82. The first kappa shape index (κ1) is 17.6. The summed E-state index contributed by atoms with van der Waals surface area (Å²) in [7, 11) is 0. The summed E-state index contributed by atoms with van der Waals surface area (Å²) in [5.41, 5.74) is 2.23. The molecular weight excluding hydrogens is 308 g/mol. The van der Waals surface area contributed by atoms with Crippen LogP contribution in [0.15, 0.2) is 30.5 Å². The molecule has 6 nitrogen and oxygen atoms in total. The molecule has 0 bridgehead atoms. The number of H-pyrrole nitrogens is 1. The molecule has 1 heterocycles. The normalized spacial score (nSPS) is 10.7. The third-order valence-corrected chi connectivity index (χ3v) is 3.41. The maximum absolute atomic E-state index is 12.1. The minimum Gasteiger partial charge on any atom is -0.493 e. The Bertz CT molecular complexity index is 734. The highest BCUT2D eigenvalue weighted by atomic mass is 16.5. The van der Waals surface area contributed by atoms with E-state index >= 15 is 0 Å². The van der Waals surface area contributed by atoms with Gasteiger partial charge >= 0.3 is 5.97 Å². The Kier molecular flexibility index (Phi) is 5.63. The number of carbonyl (C=O) groups is 2. The van der Waals surface area contributed by atoms with Gasteiger partial charge in [0.2, 0.25) is 0 Å². The van der Waals surface area contributed by atoms with Gasteiger partial charge in [0, 0.05) is 18.3 Å². The van der Waals surface area contributed by atoms with Crippen LogP contribution in [0.25, 0.3) is 0 Å². The van der Waals surface area contributed by atoms with E-state index in [1.807, 2.05) is 25.1 Å². The quantitative estimate of drug-likeness (QED) is 0.728. The number of aryl methyl sites for hydroxylation is 1. The molecule has 1 aromatic heterocycles. The van der Waals surface area contributed by atoms with Crippen LogP contribution in [0.5, 0.6) is 5.75 Å². The van der Waals surface area contributed by atoms with Crippen molar-refractivity contribution in [2.45, 2.75) is 27.3 Å². The fourth-order valence-electron chi connectivity index (χ4n) is 2.13. The van der Waals surface area contributed by atoms with Gasteiger partial charge in [0.15, 0.2) is 0 Å². The number of amides is 1. The van der Waals surface area contributed by atoms with Crippen LogP contribution in [-0.2, 0) is 6.54 Å². The van der Waals surface area contributed by atoms with E-state index in [0.29, 0.717) is 19.1 Å². The number of ether oxygens (including phenoxy) is 1. The van der Waals surface area contributed by atoms with E-state index in [1.54, 1.807) is 0 Å². The summed E-state index contributed by atoms with van der Waals surface area (Å²) >= 11 is 0. The maximum Gasteiger partial charge on any atom is 0.352 e. The smallest absolute Gasteiger partial charge is 0.352 e. The van der Waals surface area contributed by atoms with Crippen molar-refractivity contribution in [1.82, 2.24) is 10.3 Å². The van der Waals surface area contributed by atoms with Crippen molar-refractivity contribution in [2.24, 2.45) is 5.92 Å². The molecule has 2 aromatic rings. The zero-order chi connectivity index (χ0) is 17.7. The molecule has 0 aliphatic heterocycles. The average molecular weight is 330 g/mol. The van der Waals surface area contributed by atoms with Gasteiger partial charge in [-0.25, -0.2) is 4.79 Å². The molecule has 0 fully saturated rings. The lowest BCUT2D eigenvalue weighted by Gasteiger charge is -2.14. The summed E-state index contributed by atoms with van der Waals surface area (Å²) in [5.74, 6) is -0.280. The van der Waals surface area contributed by atoms with Gasteiger partial charge in [0.1, 0.15) is 11.4 Å². The first-order valence-electron chi connectivity index (χ1n) is 7.79. The van der Waals surface area contributed by atoms with Gasteiger partial charge in [-0.3, -0.25) is 4.79 Å². The lowest BCUT2D eigenvalue weighted by Crippen LogP contribution is -2.23. The van der Waals surface area contributed by atoms with Gasteiger partial charge in [-0.1, -0.05) is 26.0 Å². The summed E-state index contributed by atoms with van der Waals surface area (Å²) in [6.45, 7) is 7.04. The van der Waals surface area contributed by atoms with E-state index in [-0.39, 0.29) is 17.2 Å². The Morgan fingerprint density at radius 3 is 2.67 bits per heavy atom. The van der Waals surface area contributed by atoms with Gasteiger partial charge in [-0.2, -0.15) is 0 Å². The van der Waals surface area contributed by atoms with E-state index in [1.165, 1.54) is 12.3 Å². The number of carboxylic acids is 1. The van der Waals surface area contributed by atoms with Crippen LogP contribution >= 0.6 is 0 Å². The number of rotatable bonds is 7. The van der Waals surface area contributed by atoms with Crippen molar-refractivity contribution in [1.29, 1.82) is 0 Å². The van der Waals surface area contributed by atoms with Crippen LogP contribution in [0.3, 0.4) is 0 Å². The number of hydrogen-bond acceptors (Lipinski definition) is 3. The van der Waals surface area contributed by atoms with Gasteiger partial charge in [-0.05, 0) is 30.5 Å². The molecule has 0 atom stereocenters. The molecule has 1 amide bonds. The predicted octanol–water partition coefficient (Wildman–Crippen LogP) is 2.99. The first-order chi connectivity index (χ1) is 11.4. The Morgan fingerprint density at radius 1 is 1.29 bits per heavy atom.